The topological polar surface area (TPSA) is 109 Å². The molecule has 1 saturated carbocycles. The van der Waals surface area contributed by atoms with Crippen molar-refractivity contribution in [3.05, 3.63) is 30.1 Å². The van der Waals surface area contributed by atoms with Crippen LogP contribution in [0.15, 0.2) is 29.4 Å². The molecule has 2 fully saturated rings. The number of nitrogens with one attached hydrogen (secondary N) is 2. The number of hydrogen-bond acceptors (Lipinski definition) is 6. The fourth-order valence-corrected chi connectivity index (χ4v) is 3.90. The van der Waals surface area contributed by atoms with Crippen LogP contribution in [0.4, 0.5) is 10.5 Å². The van der Waals surface area contributed by atoms with Gasteiger partial charge in [0.25, 0.3) is 0 Å². The molecule has 4 rings (SSSR count). The van der Waals surface area contributed by atoms with E-state index in [0.717, 1.165) is 24.4 Å². The lowest BCUT2D eigenvalue weighted by atomic mass is 10.2. The molecule has 1 aliphatic carbocycles. The van der Waals surface area contributed by atoms with Crippen molar-refractivity contribution in [2.24, 2.45) is 0 Å². The summed E-state index contributed by atoms with van der Waals surface area (Å²) in [5.74, 6) is 0.906. The summed E-state index contributed by atoms with van der Waals surface area (Å²) in [5, 5.41) is 14.6. The van der Waals surface area contributed by atoms with E-state index in [-0.39, 0.29) is 23.6 Å². The van der Waals surface area contributed by atoms with Crippen molar-refractivity contribution in [2.75, 3.05) is 24.2 Å². The Kier molecular flexibility index (Phi) is 5.03. The Morgan fingerprint density at radius 2 is 2.14 bits per heavy atom. The van der Waals surface area contributed by atoms with Crippen LogP contribution in [0.2, 0.25) is 0 Å². The molecule has 0 unspecified atom stereocenters. The summed E-state index contributed by atoms with van der Waals surface area (Å²) in [6.07, 6.45) is 2.11. The minimum absolute atomic E-state index is 0.0988. The molecule has 10 heteroatoms. The van der Waals surface area contributed by atoms with Gasteiger partial charge in [-0.1, -0.05) is 17.8 Å². The van der Waals surface area contributed by atoms with Crippen molar-refractivity contribution in [2.45, 2.75) is 30.8 Å². The number of aromatic nitrogens is 3. The van der Waals surface area contributed by atoms with Gasteiger partial charge < -0.3 is 10.6 Å². The van der Waals surface area contributed by atoms with Crippen LogP contribution < -0.4 is 10.6 Å². The molecule has 146 valence electrons. The zero-order valence-electron chi connectivity index (χ0n) is 15.3. The summed E-state index contributed by atoms with van der Waals surface area (Å²) in [6.45, 7) is 2.33. The Morgan fingerprint density at radius 1 is 1.32 bits per heavy atom. The van der Waals surface area contributed by atoms with E-state index in [9.17, 15) is 14.4 Å². The largest absolute Gasteiger partial charge is 0.336 e. The Hall–Kier alpha value is -2.88. The summed E-state index contributed by atoms with van der Waals surface area (Å²) < 4.78 is 1.94. The molecule has 1 aromatic heterocycles. The maximum Gasteiger partial charge on any atom is 0.324 e. The lowest BCUT2D eigenvalue weighted by Gasteiger charge is -2.13. The molecule has 1 aromatic carbocycles. The zero-order chi connectivity index (χ0) is 19.7. The second-order valence-corrected chi connectivity index (χ2v) is 7.69. The van der Waals surface area contributed by atoms with Gasteiger partial charge in [0.05, 0.1) is 11.4 Å². The average molecular weight is 400 g/mol. The minimum Gasteiger partial charge on any atom is -0.336 e. The van der Waals surface area contributed by atoms with Crippen molar-refractivity contribution < 1.29 is 14.4 Å². The van der Waals surface area contributed by atoms with Crippen molar-refractivity contribution in [3.63, 3.8) is 0 Å². The van der Waals surface area contributed by atoms with E-state index in [2.05, 4.69) is 20.8 Å². The van der Waals surface area contributed by atoms with Gasteiger partial charge >= 0.3 is 6.03 Å². The number of hydrogen-bond donors (Lipinski definition) is 2. The minimum atomic E-state index is -0.353. The highest BCUT2D eigenvalue weighted by molar-refractivity contribution is 7.99. The van der Waals surface area contributed by atoms with Crippen LogP contribution in [0.25, 0.3) is 5.69 Å². The molecule has 1 aliphatic heterocycles. The van der Waals surface area contributed by atoms with Crippen molar-refractivity contribution in [3.8, 4) is 5.69 Å². The fraction of sp³-hybridized carbons (Fsp3) is 0.389. The van der Waals surface area contributed by atoms with Crippen LogP contribution in [0.3, 0.4) is 0 Å². The van der Waals surface area contributed by atoms with E-state index >= 15 is 0 Å². The molecular weight excluding hydrogens is 380 g/mol. The highest BCUT2D eigenvalue weighted by Crippen LogP contribution is 2.41. The summed E-state index contributed by atoms with van der Waals surface area (Å²) >= 11 is 1.26. The lowest BCUT2D eigenvalue weighted by Crippen LogP contribution is -2.35. The van der Waals surface area contributed by atoms with Crippen LogP contribution in [0, 0.1) is 0 Å². The normalized spacial score (nSPS) is 16.2. The smallest absolute Gasteiger partial charge is 0.324 e. The number of imide groups is 1. The number of amides is 4. The molecule has 4 amide bonds. The molecule has 0 spiro atoms. The highest BCUT2D eigenvalue weighted by Gasteiger charge is 2.32. The Balaban J connectivity index is 1.58. The van der Waals surface area contributed by atoms with Crippen LogP contribution in [-0.4, -0.2) is 56.4 Å². The number of rotatable bonds is 6. The highest BCUT2D eigenvalue weighted by atomic mass is 32.2. The molecule has 2 aromatic rings. The second-order valence-electron chi connectivity index (χ2n) is 6.75. The third kappa shape index (κ3) is 3.86. The molecule has 2 aliphatic rings. The van der Waals surface area contributed by atoms with E-state index in [1.807, 2.05) is 28.8 Å². The maximum absolute atomic E-state index is 12.3. The molecule has 28 heavy (non-hydrogen) atoms. The van der Waals surface area contributed by atoms with E-state index in [1.54, 1.807) is 0 Å². The van der Waals surface area contributed by atoms with Crippen molar-refractivity contribution >= 4 is 35.3 Å². The summed E-state index contributed by atoms with van der Waals surface area (Å²) in [6, 6.07) is 7.09. The Morgan fingerprint density at radius 3 is 2.82 bits per heavy atom. The van der Waals surface area contributed by atoms with Gasteiger partial charge in [-0.3, -0.25) is 19.1 Å². The third-order valence-electron chi connectivity index (χ3n) is 4.51. The van der Waals surface area contributed by atoms with Gasteiger partial charge in [0.1, 0.15) is 5.82 Å². The van der Waals surface area contributed by atoms with Crippen LogP contribution in [-0.2, 0) is 9.59 Å². The molecule has 1 saturated heterocycles. The van der Waals surface area contributed by atoms with E-state index in [0.29, 0.717) is 29.9 Å². The van der Waals surface area contributed by atoms with Gasteiger partial charge in [0, 0.05) is 31.6 Å². The first-order valence-corrected chi connectivity index (χ1v) is 10.1. The fourth-order valence-electron chi connectivity index (χ4n) is 3.06. The van der Waals surface area contributed by atoms with E-state index < -0.39 is 0 Å². The third-order valence-corrected chi connectivity index (χ3v) is 5.42. The monoisotopic (exact) mass is 400 g/mol. The number of benzene rings is 1. The van der Waals surface area contributed by atoms with Crippen molar-refractivity contribution in [1.29, 1.82) is 0 Å². The number of urea groups is 1. The predicted octanol–water partition coefficient (Wildman–Crippen LogP) is 1.75. The van der Waals surface area contributed by atoms with Crippen LogP contribution in [0.5, 0.6) is 0 Å². The van der Waals surface area contributed by atoms with Gasteiger partial charge in [-0.05, 0) is 31.0 Å². The second kappa shape index (κ2) is 7.63. The number of nitrogens with zero attached hydrogens (tertiary/aromatic N) is 4. The summed E-state index contributed by atoms with van der Waals surface area (Å²) in [4.78, 5) is 36.6. The Bertz CT molecular complexity index is 939. The van der Waals surface area contributed by atoms with Crippen LogP contribution >= 0.6 is 11.8 Å². The first kappa shape index (κ1) is 18.5. The molecule has 0 radical (unpaired) electrons. The maximum atomic E-state index is 12.3. The molecule has 9 nitrogen and oxygen atoms in total. The average Bonchev–Trinajstić information content (AvgIpc) is 3.27. The van der Waals surface area contributed by atoms with Gasteiger partial charge in [-0.25, -0.2) is 4.79 Å². The quantitative estimate of drug-likeness (QED) is 0.715. The lowest BCUT2D eigenvalue weighted by molar-refractivity contribution is -0.124. The van der Waals surface area contributed by atoms with E-state index in [1.165, 1.54) is 23.6 Å². The Labute approximate surface area is 165 Å². The van der Waals surface area contributed by atoms with Gasteiger partial charge in [0.2, 0.25) is 11.8 Å². The summed E-state index contributed by atoms with van der Waals surface area (Å²) in [5.41, 5.74) is 1.51. The molecule has 2 N–H and O–H groups in total. The van der Waals surface area contributed by atoms with Crippen molar-refractivity contribution in [1.82, 2.24) is 25.0 Å². The SMILES string of the molecule is CC(=O)Nc1cccc(-n2c(SCC(=O)N3CCNC3=O)nnc2C2CC2)c1. The van der Waals surface area contributed by atoms with Gasteiger partial charge in [0.15, 0.2) is 5.16 Å². The number of anilines is 1. The van der Waals surface area contributed by atoms with Crippen LogP contribution in [0.1, 0.15) is 31.5 Å². The predicted molar refractivity (Wildman–Crippen MR) is 103 cm³/mol. The standard InChI is InChI=1S/C18H20N6O3S/c1-11(25)20-13-3-2-4-14(9-13)24-16(12-5-6-12)21-22-18(24)28-10-15(26)23-8-7-19-17(23)27/h2-4,9,12H,5-8,10H2,1H3,(H,19,27)(H,20,25). The molecular formula is C18H20N6O3S. The molecule has 0 bridgehead atoms. The van der Waals surface area contributed by atoms with E-state index in [4.69, 9.17) is 0 Å². The van der Waals surface area contributed by atoms with Gasteiger partial charge in [-0.2, -0.15) is 0 Å². The molecule has 2 heterocycles. The number of thioether (sulfide) groups is 1. The zero-order valence-corrected chi connectivity index (χ0v) is 16.2. The first-order chi connectivity index (χ1) is 13.5. The first-order valence-electron chi connectivity index (χ1n) is 9.07. The summed E-state index contributed by atoms with van der Waals surface area (Å²) in [7, 11) is 0. The number of carbonyl (C=O) groups is 3. The number of carbonyl (C=O) groups excluding carboxylic acids is 3. The van der Waals surface area contributed by atoms with Gasteiger partial charge in [-0.15, -0.1) is 10.2 Å². The molecule has 0 atom stereocenters.